The van der Waals surface area contributed by atoms with Crippen LogP contribution >= 0.6 is 11.6 Å². The van der Waals surface area contributed by atoms with Crippen LogP contribution in [0.25, 0.3) is 11.1 Å². The van der Waals surface area contributed by atoms with E-state index in [1.165, 1.54) is 12.1 Å². The van der Waals surface area contributed by atoms with Crippen molar-refractivity contribution in [3.63, 3.8) is 0 Å². The lowest BCUT2D eigenvalue weighted by Gasteiger charge is -2.20. The lowest BCUT2D eigenvalue weighted by molar-refractivity contribution is 0.226. The zero-order valence-electron chi connectivity index (χ0n) is 18.8. The number of nitrogen functional groups attached to an aromatic ring is 1. The van der Waals surface area contributed by atoms with Gasteiger partial charge in [-0.05, 0) is 75.1 Å². The average Bonchev–Trinajstić information content (AvgIpc) is 3.47. The van der Waals surface area contributed by atoms with Crippen LogP contribution in [0.4, 0.5) is 10.2 Å². The number of hydrogen-bond acceptors (Lipinski definition) is 5. The van der Waals surface area contributed by atoms with E-state index in [0.29, 0.717) is 34.0 Å². The van der Waals surface area contributed by atoms with Crippen molar-refractivity contribution in [2.75, 3.05) is 5.73 Å². The second-order valence-electron chi connectivity index (χ2n) is 9.52. The Hall–Kier alpha value is -2.64. The Balaban J connectivity index is 1.35. The molecule has 4 N–H and O–H groups in total. The number of rotatable bonds is 5. The molecule has 2 heterocycles. The molecule has 0 aliphatic heterocycles. The third-order valence-corrected chi connectivity index (χ3v) is 7.65. The first-order chi connectivity index (χ1) is 15.8. The van der Waals surface area contributed by atoms with Gasteiger partial charge in [-0.1, -0.05) is 11.6 Å². The Morgan fingerprint density at radius 2 is 1.88 bits per heavy atom. The molecule has 0 bridgehead atoms. The maximum absolute atomic E-state index is 14.1. The van der Waals surface area contributed by atoms with Crippen LogP contribution in [0.2, 0.25) is 5.02 Å². The van der Waals surface area contributed by atoms with Crippen molar-refractivity contribution in [2.45, 2.75) is 57.7 Å². The first-order valence-electron chi connectivity index (χ1n) is 11.5. The minimum absolute atomic E-state index is 0.267. The van der Waals surface area contributed by atoms with Crippen molar-refractivity contribution in [1.29, 1.82) is 0 Å². The van der Waals surface area contributed by atoms with Crippen LogP contribution < -0.4 is 16.2 Å². The van der Waals surface area contributed by atoms with Gasteiger partial charge in [0.1, 0.15) is 11.9 Å². The molecule has 8 heteroatoms. The van der Waals surface area contributed by atoms with Gasteiger partial charge in [0.25, 0.3) is 0 Å². The van der Waals surface area contributed by atoms with Gasteiger partial charge in [-0.15, -0.1) is 0 Å². The van der Waals surface area contributed by atoms with Crippen LogP contribution in [0, 0.1) is 24.6 Å². The Bertz CT molecular complexity index is 1170. The molecule has 3 aromatic rings. The van der Waals surface area contributed by atoms with E-state index >= 15 is 0 Å². The summed E-state index contributed by atoms with van der Waals surface area (Å²) in [4.78, 5) is 4.32. The molecular formula is C25H29ClFN5O. The van der Waals surface area contributed by atoms with E-state index in [0.717, 1.165) is 48.6 Å². The Morgan fingerprint density at radius 1 is 1.15 bits per heavy atom. The number of nitrogens with zero attached hydrogens (tertiary/aromatic N) is 3. The molecule has 174 valence electrons. The molecule has 0 spiro atoms. The summed E-state index contributed by atoms with van der Waals surface area (Å²) in [5.74, 6) is 1.81. The molecule has 2 aliphatic rings. The summed E-state index contributed by atoms with van der Waals surface area (Å²) in [6.45, 7) is 3.51. The second kappa shape index (κ2) is 8.61. The molecule has 0 amide bonds. The first kappa shape index (κ1) is 22.2. The van der Waals surface area contributed by atoms with E-state index in [2.05, 4.69) is 21.0 Å². The number of ether oxygens (including phenoxy) is 1. The number of aromatic nitrogens is 3. The topological polar surface area (TPSA) is 92.0 Å². The minimum Gasteiger partial charge on any atom is -0.482 e. The van der Waals surface area contributed by atoms with Crippen LogP contribution in [0.1, 0.15) is 55.9 Å². The van der Waals surface area contributed by atoms with Crippen molar-refractivity contribution in [2.24, 2.45) is 17.6 Å². The van der Waals surface area contributed by atoms with Gasteiger partial charge in [-0.2, -0.15) is 5.10 Å². The summed E-state index contributed by atoms with van der Waals surface area (Å²) in [6, 6.07) is 5.52. The largest absolute Gasteiger partial charge is 0.482 e. The zero-order valence-corrected chi connectivity index (χ0v) is 19.6. The normalized spacial score (nSPS) is 25.2. The fourth-order valence-electron chi connectivity index (χ4n) is 5.66. The van der Waals surface area contributed by atoms with Crippen molar-refractivity contribution >= 4 is 17.4 Å². The van der Waals surface area contributed by atoms with Crippen molar-refractivity contribution in [3.05, 3.63) is 58.8 Å². The monoisotopic (exact) mass is 469 g/mol. The summed E-state index contributed by atoms with van der Waals surface area (Å²) in [7, 11) is 0. The molecule has 2 fully saturated rings. The van der Waals surface area contributed by atoms with E-state index in [-0.39, 0.29) is 11.6 Å². The van der Waals surface area contributed by atoms with Crippen molar-refractivity contribution in [1.82, 2.24) is 14.8 Å². The van der Waals surface area contributed by atoms with Gasteiger partial charge in [0.15, 0.2) is 11.6 Å². The fraction of sp³-hybridized carbons (Fsp3) is 0.440. The number of benzene rings is 1. The van der Waals surface area contributed by atoms with Crippen LogP contribution in [-0.2, 0) is 0 Å². The van der Waals surface area contributed by atoms with Crippen LogP contribution in [0.5, 0.6) is 5.75 Å². The quantitative estimate of drug-likeness (QED) is 0.517. The second-order valence-corrected chi connectivity index (χ2v) is 9.93. The molecule has 0 saturated heterocycles. The third kappa shape index (κ3) is 4.20. The van der Waals surface area contributed by atoms with Gasteiger partial charge in [0, 0.05) is 40.1 Å². The molecule has 6 nitrogen and oxygen atoms in total. The van der Waals surface area contributed by atoms with Crippen LogP contribution in [0.15, 0.2) is 36.8 Å². The third-order valence-electron chi connectivity index (χ3n) is 7.32. The standard InChI is InChI=1S/C25H29ClFN5O/c1-13-22(27)4-3-21(26)24(13)14(2)33-23-9-17(10-30-25(23)29)18-11-31-32(12-18)20-7-15-5-19(28)6-16(15)8-20/h3-4,9-12,14-16,19-20H,5-8,28H2,1-2H3,(H2,29,30). The van der Waals surface area contributed by atoms with Crippen molar-refractivity contribution < 1.29 is 9.13 Å². The SMILES string of the molecule is Cc1c(F)ccc(Cl)c1C(C)Oc1cc(-c2cnn(C3CC4CC(N)CC4C3)c2)cnc1N. The highest BCUT2D eigenvalue weighted by atomic mass is 35.5. The predicted octanol–water partition coefficient (Wildman–Crippen LogP) is 5.46. The van der Waals surface area contributed by atoms with E-state index in [4.69, 9.17) is 27.8 Å². The zero-order chi connectivity index (χ0) is 23.3. The number of fused-ring (bicyclic) bond motifs is 1. The first-order valence-corrected chi connectivity index (χ1v) is 11.8. The minimum atomic E-state index is -0.500. The number of halogens is 2. The van der Waals surface area contributed by atoms with Gasteiger partial charge in [-0.25, -0.2) is 9.37 Å². The maximum Gasteiger partial charge on any atom is 0.166 e. The molecule has 5 rings (SSSR count). The van der Waals surface area contributed by atoms with Gasteiger partial charge in [0.05, 0.1) is 12.2 Å². The molecule has 2 aromatic heterocycles. The summed E-state index contributed by atoms with van der Waals surface area (Å²) >= 11 is 6.33. The van der Waals surface area contributed by atoms with Crippen LogP contribution in [-0.4, -0.2) is 20.8 Å². The summed E-state index contributed by atoms with van der Waals surface area (Å²) in [5.41, 5.74) is 15.1. The molecule has 0 radical (unpaired) electrons. The Kier molecular flexibility index (Phi) is 5.79. The average molecular weight is 470 g/mol. The smallest absolute Gasteiger partial charge is 0.166 e. The highest BCUT2D eigenvalue weighted by molar-refractivity contribution is 6.31. The van der Waals surface area contributed by atoms with Gasteiger partial charge in [0.2, 0.25) is 0 Å². The predicted molar refractivity (Wildman–Crippen MR) is 128 cm³/mol. The summed E-state index contributed by atoms with van der Waals surface area (Å²) in [6.07, 6.45) is 9.68. The summed E-state index contributed by atoms with van der Waals surface area (Å²) < 4.78 is 22.3. The molecule has 3 unspecified atom stereocenters. The molecule has 2 saturated carbocycles. The number of anilines is 1. The highest BCUT2D eigenvalue weighted by Crippen LogP contribution is 2.48. The Morgan fingerprint density at radius 3 is 2.61 bits per heavy atom. The lowest BCUT2D eigenvalue weighted by atomic mass is 10.0. The number of nitrogens with two attached hydrogens (primary N) is 2. The Labute approximate surface area is 198 Å². The maximum atomic E-state index is 14.1. The van der Waals surface area contributed by atoms with Gasteiger partial charge < -0.3 is 16.2 Å². The lowest BCUT2D eigenvalue weighted by Crippen LogP contribution is -2.17. The van der Waals surface area contributed by atoms with Gasteiger partial charge >= 0.3 is 0 Å². The molecule has 2 aliphatic carbocycles. The molecule has 33 heavy (non-hydrogen) atoms. The molecule has 3 atom stereocenters. The summed E-state index contributed by atoms with van der Waals surface area (Å²) in [5, 5.41) is 5.09. The molecular weight excluding hydrogens is 441 g/mol. The van der Waals surface area contributed by atoms with E-state index in [9.17, 15) is 4.39 Å². The van der Waals surface area contributed by atoms with Crippen molar-refractivity contribution in [3.8, 4) is 16.9 Å². The van der Waals surface area contributed by atoms with E-state index in [1.54, 1.807) is 13.1 Å². The van der Waals surface area contributed by atoms with Crippen LogP contribution in [0.3, 0.4) is 0 Å². The van der Waals surface area contributed by atoms with Gasteiger partial charge in [-0.3, -0.25) is 4.68 Å². The fourth-order valence-corrected chi connectivity index (χ4v) is 6.02. The molecule has 1 aromatic carbocycles. The van der Waals surface area contributed by atoms with E-state index in [1.807, 2.05) is 19.2 Å². The van der Waals surface area contributed by atoms with E-state index < -0.39 is 6.10 Å². The number of hydrogen-bond donors (Lipinski definition) is 2. The highest BCUT2D eigenvalue weighted by Gasteiger charge is 2.41. The number of pyridine rings is 1.